The van der Waals surface area contributed by atoms with Crippen LogP contribution in [0, 0.1) is 0 Å². The molecule has 0 atom stereocenters. The molecule has 0 fully saturated rings. The maximum atomic E-state index is 10.6. The molecule has 1 heterocycles. The van der Waals surface area contributed by atoms with Gasteiger partial charge in [-0.2, -0.15) is 26.3 Å². The highest BCUT2D eigenvalue weighted by Gasteiger charge is 2.38. The smallest absolute Gasteiger partial charge is 0.475 e. The molecule has 2 rings (SSSR count). The molecule has 1 aromatic heterocycles. The van der Waals surface area contributed by atoms with Crippen LogP contribution in [0.3, 0.4) is 0 Å². The third-order valence-corrected chi connectivity index (χ3v) is 2.03. The molecule has 0 amide bonds. The minimum absolute atomic E-state index is 1.20. The third-order valence-electron chi connectivity index (χ3n) is 2.03. The van der Waals surface area contributed by atoms with Crippen molar-refractivity contribution in [3.8, 4) is 0 Å². The predicted octanol–water partition coefficient (Wildman–Crippen LogP) is 3.50. The number of fused-ring (bicyclic) bond motifs is 1. The van der Waals surface area contributed by atoms with Crippen LogP contribution in [0.4, 0.5) is 26.3 Å². The zero-order valence-electron chi connectivity index (χ0n) is 11.5. The Morgan fingerprint density at radius 3 is 1.50 bits per heavy atom. The van der Waals surface area contributed by atoms with Gasteiger partial charge < -0.3 is 10.2 Å². The molecule has 0 aliphatic heterocycles. The Balaban J connectivity index is 0.000000343. The lowest BCUT2D eigenvalue weighted by Crippen LogP contribution is -2.21. The first kappa shape index (κ1) is 21.1. The second kappa shape index (κ2) is 8.70. The van der Waals surface area contributed by atoms with Gasteiger partial charge in [0.05, 0.1) is 0 Å². The van der Waals surface area contributed by atoms with E-state index < -0.39 is 24.3 Å². The first-order chi connectivity index (χ1) is 10.9. The predicted molar refractivity (Wildman–Crippen MR) is 69.1 cm³/mol. The van der Waals surface area contributed by atoms with Gasteiger partial charge in [-0.1, -0.05) is 24.3 Å². The number of hydrogen-bond acceptors (Lipinski definition) is 3. The van der Waals surface area contributed by atoms with E-state index in [0.717, 1.165) is 0 Å². The van der Waals surface area contributed by atoms with E-state index in [-0.39, 0.29) is 0 Å². The van der Waals surface area contributed by atoms with Crippen molar-refractivity contribution in [2.24, 2.45) is 0 Å². The van der Waals surface area contributed by atoms with Crippen molar-refractivity contribution in [2.45, 2.75) is 12.4 Å². The second-order valence-electron chi connectivity index (χ2n) is 3.83. The van der Waals surface area contributed by atoms with Crippen molar-refractivity contribution in [3.05, 3.63) is 42.7 Å². The average Bonchev–Trinajstić information content (AvgIpc) is 2.46. The summed E-state index contributed by atoms with van der Waals surface area (Å²) in [6, 6.07) is 10.2. The summed E-state index contributed by atoms with van der Waals surface area (Å²) in [5.74, 6) is -5.51. The zero-order valence-corrected chi connectivity index (χ0v) is 11.5. The van der Waals surface area contributed by atoms with Gasteiger partial charge in [0, 0.05) is 12.4 Å². The number of aromatic nitrogens is 1. The molecule has 0 aliphatic carbocycles. The lowest BCUT2D eigenvalue weighted by atomic mass is 10.2. The normalized spacial score (nSPS) is 10.8. The van der Waals surface area contributed by atoms with Crippen LogP contribution in [0.5, 0.6) is 0 Å². The Morgan fingerprint density at radius 1 is 0.792 bits per heavy atom. The van der Waals surface area contributed by atoms with Gasteiger partial charge >= 0.3 is 24.3 Å². The molecule has 0 spiro atoms. The zero-order chi connectivity index (χ0) is 19.0. The fraction of sp³-hybridized carbons (Fsp3) is 0.154. The van der Waals surface area contributed by atoms with Crippen LogP contribution in [0.15, 0.2) is 42.7 Å². The molecule has 2 aromatic rings. The Bertz CT molecular complexity index is 594. The molecule has 0 saturated carbocycles. The van der Waals surface area contributed by atoms with Crippen LogP contribution in [0.2, 0.25) is 0 Å². The van der Waals surface area contributed by atoms with Crippen LogP contribution in [-0.2, 0) is 9.59 Å². The average molecular weight is 357 g/mol. The first-order valence-corrected chi connectivity index (χ1v) is 5.74. The topological polar surface area (TPSA) is 87.5 Å². The third kappa shape index (κ3) is 8.56. The summed E-state index contributed by atoms with van der Waals surface area (Å²) >= 11 is 0. The molecular formula is C13H9F6NO4. The molecule has 0 aliphatic rings. The SMILES string of the molecule is O=C(O)C(F)(F)F.O=C(O)C(F)(F)F.c1ccc2cnccc2c1. The van der Waals surface area contributed by atoms with Crippen LogP contribution in [0.25, 0.3) is 10.8 Å². The number of alkyl halides is 6. The Hall–Kier alpha value is -2.85. The molecule has 132 valence electrons. The quantitative estimate of drug-likeness (QED) is 0.705. The number of aliphatic carboxylic acids is 2. The summed E-state index contributed by atoms with van der Waals surface area (Å²) in [4.78, 5) is 21.8. The summed E-state index contributed by atoms with van der Waals surface area (Å²) in [7, 11) is 0. The van der Waals surface area contributed by atoms with Crippen molar-refractivity contribution in [3.63, 3.8) is 0 Å². The van der Waals surface area contributed by atoms with E-state index in [9.17, 15) is 26.3 Å². The van der Waals surface area contributed by atoms with Crippen molar-refractivity contribution >= 4 is 22.7 Å². The summed E-state index contributed by atoms with van der Waals surface area (Å²) in [5, 5.41) is 16.7. The molecule has 2 N–H and O–H groups in total. The van der Waals surface area contributed by atoms with E-state index in [1.54, 1.807) is 0 Å². The van der Waals surface area contributed by atoms with Gasteiger partial charge in [0.15, 0.2) is 0 Å². The fourth-order valence-electron chi connectivity index (χ4n) is 1.03. The van der Waals surface area contributed by atoms with Crippen LogP contribution < -0.4 is 0 Å². The van der Waals surface area contributed by atoms with Crippen molar-refractivity contribution in [2.75, 3.05) is 0 Å². The minimum Gasteiger partial charge on any atom is -0.475 e. The van der Waals surface area contributed by atoms with Crippen LogP contribution >= 0.6 is 0 Å². The molecule has 5 nitrogen and oxygen atoms in total. The summed E-state index contributed by atoms with van der Waals surface area (Å²) in [5.41, 5.74) is 0. The number of hydrogen-bond donors (Lipinski definition) is 2. The maximum absolute atomic E-state index is 10.6. The number of benzene rings is 1. The fourth-order valence-corrected chi connectivity index (χ4v) is 1.03. The van der Waals surface area contributed by atoms with Gasteiger partial charge in [-0.3, -0.25) is 4.98 Å². The highest BCUT2D eigenvalue weighted by Crippen LogP contribution is 2.13. The molecule has 0 saturated heterocycles. The van der Waals surface area contributed by atoms with E-state index in [1.807, 2.05) is 30.6 Å². The lowest BCUT2D eigenvalue weighted by Gasteiger charge is -1.93. The van der Waals surface area contributed by atoms with Gasteiger partial charge in [0.1, 0.15) is 0 Å². The van der Waals surface area contributed by atoms with E-state index >= 15 is 0 Å². The molecule has 24 heavy (non-hydrogen) atoms. The standard InChI is InChI=1S/C9H7N.2C2HF3O2/c1-2-4-9-7-10-6-5-8(9)3-1;2*3-2(4,5)1(6)7/h1-7H;2*(H,6,7). The van der Waals surface area contributed by atoms with Gasteiger partial charge in [0.2, 0.25) is 0 Å². The Morgan fingerprint density at radius 2 is 1.17 bits per heavy atom. The summed E-state index contributed by atoms with van der Waals surface area (Å²) < 4.78 is 63.5. The van der Waals surface area contributed by atoms with Crippen LogP contribution in [0.1, 0.15) is 0 Å². The largest absolute Gasteiger partial charge is 0.490 e. The maximum Gasteiger partial charge on any atom is 0.490 e. The van der Waals surface area contributed by atoms with Crippen LogP contribution in [-0.4, -0.2) is 39.5 Å². The van der Waals surface area contributed by atoms with Gasteiger partial charge in [-0.05, 0) is 16.8 Å². The van der Waals surface area contributed by atoms with Crippen molar-refractivity contribution < 1.29 is 46.1 Å². The van der Waals surface area contributed by atoms with Crippen molar-refractivity contribution in [1.82, 2.24) is 4.98 Å². The van der Waals surface area contributed by atoms with Gasteiger partial charge in [0.25, 0.3) is 0 Å². The highest BCUT2D eigenvalue weighted by molar-refractivity contribution is 5.81. The number of pyridine rings is 1. The van der Waals surface area contributed by atoms with E-state index in [0.29, 0.717) is 0 Å². The first-order valence-electron chi connectivity index (χ1n) is 5.74. The summed E-state index contributed by atoms with van der Waals surface area (Å²) in [6.45, 7) is 0. The number of carbonyl (C=O) groups is 2. The minimum atomic E-state index is -5.08. The van der Waals surface area contributed by atoms with E-state index in [4.69, 9.17) is 19.8 Å². The Labute approximate surface area is 130 Å². The number of nitrogens with zero attached hydrogens (tertiary/aromatic N) is 1. The van der Waals surface area contributed by atoms with Gasteiger partial charge in [-0.25, -0.2) is 9.59 Å². The molecular weight excluding hydrogens is 348 g/mol. The molecule has 0 radical (unpaired) electrons. The molecule has 0 unspecified atom stereocenters. The Kier molecular flexibility index (Phi) is 7.66. The number of halogens is 6. The van der Waals surface area contributed by atoms with E-state index in [2.05, 4.69) is 17.1 Å². The molecule has 11 heteroatoms. The molecule has 0 bridgehead atoms. The number of rotatable bonds is 0. The van der Waals surface area contributed by atoms with E-state index in [1.165, 1.54) is 10.8 Å². The molecule has 1 aromatic carbocycles. The second-order valence-corrected chi connectivity index (χ2v) is 3.83. The summed E-state index contributed by atoms with van der Waals surface area (Å²) in [6.07, 6.45) is -6.49. The van der Waals surface area contributed by atoms with Crippen molar-refractivity contribution in [1.29, 1.82) is 0 Å². The van der Waals surface area contributed by atoms with Gasteiger partial charge in [-0.15, -0.1) is 0 Å². The number of carboxylic acids is 2. The monoisotopic (exact) mass is 357 g/mol. The number of carboxylic acid groups (broad SMARTS) is 2. The highest BCUT2D eigenvalue weighted by atomic mass is 19.4. The lowest BCUT2D eigenvalue weighted by molar-refractivity contribution is -0.193.